The summed E-state index contributed by atoms with van der Waals surface area (Å²) in [5.41, 5.74) is 5.45. The first kappa shape index (κ1) is 15.4. The van der Waals surface area contributed by atoms with Gasteiger partial charge in [-0.2, -0.15) is 0 Å². The molecule has 95 valence electrons. The van der Waals surface area contributed by atoms with Crippen molar-refractivity contribution in [1.82, 2.24) is 0 Å². The fourth-order valence-corrected chi connectivity index (χ4v) is 2.15. The molecular formula is C16H13Br2Hf. The van der Waals surface area contributed by atoms with Crippen LogP contribution in [0.5, 0.6) is 0 Å². The Hall–Kier alpha value is 0.0101. The van der Waals surface area contributed by atoms with Crippen molar-refractivity contribution in [2.24, 2.45) is 0 Å². The molecule has 0 aliphatic heterocycles. The molecule has 1 radical (unpaired) electrons. The predicted octanol–water partition coefficient (Wildman–Crippen LogP) is 5.57. The Morgan fingerprint density at radius 2 is 1.37 bits per heavy atom. The van der Waals surface area contributed by atoms with E-state index in [9.17, 15) is 0 Å². The van der Waals surface area contributed by atoms with Gasteiger partial charge in [0, 0.05) is 6.42 Å². The summed E-state index contributed by atoms with van der Waals surface area (Å²) >= 11 is 6.22. The van der Waals surface area contributed by atoms with Gasteiger partial charge >= 0.3 is 42.8 Å². The second-order valence-electron chi connectivity index (χ2n) is 4.23. The molecule has 0 heterocycles. The Morgan fingerprint density at radius 1 is 0.789 bits per heavy atom. The van der Waals surface area contributed by atoms with Crippen LogP contribution in [0.1, 0.15) is 16.7 Å². The molecular weight excluding hydrogens is 530 g/mol. The summed E-state index contributed by atoms with van der Waals surface area (Å²) in [6.07, 6.45) is 5.58. The van der Waals surface area contributed by atoms with Crippen LogP contribution < -0.4 is 0 Å². The molecule has 0 atom stereocenters. The second kappa shape index (κ2) is 8.33. The molecule has 0 nitrogen and oxygen atoms in total. The zero-order valence-corrected chi connectivity index (χ0v) is 17.1. The first-order valence-electron chi connectivity index (χ1n) is 5.98. The molecule has 0 saturated heterocycles. The van der Waals surface area contributed by atoms with Crippen molar-refractivity contribution in [3.63, 3.8) is 0 Å². The van der Waals surface area contributed by atoms with Gasteiger partial charge in [0.15, 0.2) is 0 Å². The number of fused-ring (bicyclic) bond motifs is 1. The Balaban J connectivity index is 0.000000408. The van der Waals surface area contributed by atoms with E-state index < -0.39 is 0 Å². The van der Waals surface area contributed by atoms with Gasteiger partial charge in [0.25, 0.3) is 0 Å². The Morgan fingerprint density at radius 3 is 2.00 bits per heavy atom. The third-order valence-corrected chi connectivity index (χ3v) is 2.93. The SMILES string of the molecule is [Br][Hf][Br].[CH]1C(Cc2ccccc2)=Cc2ccccc21. The average molecular weight is 544 g/mol. The standard InChI is InChI=1S/C16H13.2BrH.Hf/c1-2-6-13(7-3-1)10-14-11-15-8-4-5-9-16(15)12-14;;;/h1-9,11-12H,10H2;2*1H;/q;;;+2/p-2. The molecule has 0 unspecified atom stereocenters. The van der Waals surface area contributed by atoms with Crippen molar-refractivity contribution in [3.8, 4) is 0 Å². The first-order valence-corrected chi connectivity index (χ1v) is 21.7. The molecule has 1 aliphatic carbocycles. The number of rotatable bonds is 2. The van der Waals surface area contributed by atoms with Gasteiger partial charge in [-0.1, -0.05) is 66.2 Å². The van der Waals surface area contributed by atoms with Crippen molar-refractivity contribution in [1.29, 1.82) is 0 Å². The quantitative estimate of drug-likeness (QED) is 0.435. The summed E-state index contributed by atoms with van der Waals surface area (Å²) in [4.78, 5) is 0. The van der Waals surface area contributed by atoms with Gasteiger partial charge in [-0.25, -0.2) is 0 Å². The maximum atomic E-state index is 3.26. The van der Waals surface area contributed by atoms with Crippen LogP contribution in [0.2, 0.25) is 0 Å². The zero-order chi connectivity index (χ0) is 13.5. The Kier molecular flexibility index (Phi) is 6.75. The molecule has 3 heteroatoms. The van der Waals surface area contributed by atoms with E-state index in [1.807, 2.05) is 0 Å². The summed E-state index contributed by atoms with van der Waals surface area (Å²) in [5.74, 6) is 0. The van der Waals surface area contributed by atoms with E-state index in [-0.39, 0.29) is 18.2 Å². The molecule has 1 aliphatic rings. The molecule has 3 rings (SSSR count). The van der Waals surface area contributed by atoms with Gasteiger partial charge in [0.05, 0.1) is 0 Å². The molecule has 19 heavy (non-hydrogen) atoms. The van der Waals surface area contributed by atoms with Gasteiger partial charge in [-0.15, -0.1) is 0 Å². The van der Waals surface area contributed by atoms with Crippen molar-refractivity contribution in [2.45, 2.75) is 6.42 Å². The van der Waals surface area contributed by atoms with E-state index in [4.69, 9.17) is 0 Å². The number of hydrogen-bond donors (Lipinski definition) is 0. The van der Waals surface area contributed by atoms with Crippen molar-refractivity contribution < 1.29 is 18.2 Å². The van der Waals surface area contributed by atoms with Gasteiger partial charge in [-0.3, -0.25) is 0 Å². The van der Waals surface area contributed by atoms with Crippen LogP contribution in [0.25, 0.3) is 6.08 Å². The minimum absolute atomic E-state index is 0.292. The van der Waals surface area contributed by atoms with Crippen LogP contribution in [0.15, 0.2) is 60.2 Å². The number of halogens is 2. The minimum atomic E-state index is -0.292. The third kappa shape index (κ3) is 4.80. The fraction of sp³-hybridized carbons (Fsp3) is 0.0625. The smallest absolute Gasteiger partial charge is 0.0167 e. The van der Waals surface area contributed by atoms with Gasteiger partial charge in [0.2, 0.25) is 0 Å². The van der Waals surface area contributed by atoms with E-state index in [0.717, 1.165) is 6.42 Å². The van der Waals surface area contributed by atoms with E-state index in [1.54, 1.807) is 0 Å². The Labute approximate surface area is 137 Å². The van der Waals surface area contributed by atoms with Crippen LogP contribution in [-0.2, 0) is 24.7 Å². The maximum Gasteiger partial charge on any atom is 0.0167 e. The van der Waals surface area contributed by atoms with Crippen LogP contribution in [0, 0.1) is 6.42 Å². The van der Waals surface area contributed by atoms with Gasteiger partial charge in [-0.05, 0) is 23.1 Å². The summed E-state index contributed by atoms with van der Waals surface area (Å²) in [5, 5.41) is 0. The van der Waals surface area contributed by atoms with E-state index >= 15 is 0 Å². The summed E-state index contributed by atoms with van der Waals surface area (Å²) < 4.78 is 0. The molecule has 0 spiro atoms. The molecule has 0 saturated carbocycles. The van der Waals surface area contributed by atoms with Crippen LogP contribution in [0.3, 0.4) is 0 Å². The molecule has 0 fully saturated rings. The summed E-state index contributed by atoms with van der Waals surface area (Å²) in [6, 6.07) is 19.1. The minimum Gasteiger partial charge on any atom is -0.0622 e. The average Bonchev–Trinajstić information content (AvgIpc) is 2.83. The van der Waals surface area contributed by atoms with Gasteiger partial charge in [0.1, 0.15) is 0 Å². The first-order chi connectivity index (χ1) is 9.33. The van der Waals surface area contributed by atoms with E-state index in [1.165, 1.54) is 22.3 Å². The largest absolute Gasteiger partial charge is 0.0622 e. The topological polar surface area (TPSA) is 0 Å². The van der Waals surface area contributed by atoms with Crippen LogP contribution >= 0.6 is 24.6 Å². The molecule has 0 aromatic heterocycles. The molecule has 0 N–H and O–H groups in total. The van der Waals surface area contributed by atoms with E-state index in [0.29, 0.717) is 0 Å². The number of hydrogen-bond acceptors (Lipinski definition) is 0. The van der Waals surface area contributed by atoms with Gasteiger partial charge < -0.3 is 0 Å². The third-order valence-electron chi connectivity index (χ3n) is 2.93. The maximum absolute atomic E-state index is 3.26. The Bertz CT molecular complexity index is 550. The van der Waals surface area contributed by atoms with Crippen LogP contribution in [0.4, 0.5) is 0 Å². The molecule has 0 amide bonds. The molecule has 0 bridgehead atoms. The number of benzene rings is 2. The molecule has 2 aromatic carbocycles. The fourth-order valence-electron chi connectivity index (χ4n) is 2.15. The van der Waals surface area contributed by atoms with Crippen LogP contribution in [-0.4, -0.2) is 0 Å². The molecule has 2 aromatic rings. The zero-order valence-electron chi connectivity index (χ0n) is 10.3. The van der Waals surface area contributed by atoms with Crippen molar-refractivity contribution in [3.05, 3.63) is 83.3 Å². The van der Waals surface area contributed by atoms with Crippen molar-refractivity contribution >= 4 is 30.7 Å². The van der Waals surface area contributed by atoms with Crippen molar-refractivity contribution in [2.75, 3.05) is 0 Å². The normalized spacial score (nSPS) is 12.0. The number of allylic oxidation sites excluding steroid dienone is 1. The second-order valence-corrected chi connectivity index (χ2v) is 19.9. The summed E-state index contributed by atoms with van der Waals surface area (Å²) in [7, 11) is 0. The summed E-state index contributed by atoms with van der Waals surface area (Å²) in [6.45, 7) is 0. The predicted molar refractivity (Wildman–Crippen MR) is 85.8 cm³/mol. The monoisotopic (exact) mass is 543 g/mol. The van der Waals surface area contributed by atoms with E-state index in [2.05, 4.69) is 91.7 Å².